The van der Waals surface area contributed by atoms with E-state index in [1.54, 1.807) is 13.1 Å². The lowest BCUT2D eigenvalue weighted by Gasteiger charge is -2.25. The summed E-state index contributed by atoms with van der Waals surface area (Å²) in [6, 6.07) is 2.03. The molecule has 0 amide bonds. The molecule has 0 atom stereocenters. The molecular formula is C21H32N6O2. The van der Waals surface area contributed by atoms with Gasteiger partial charge in [0.1, 0.15) is 12.2 Å². The number of aromatic nitrogens is 3. The van der Waals surface area contributed by atoms with Crippen LogP contribution in [0.25, 0.3) is 11.0 Å². The van der Waals surface area contributed by atoms with Crippen molar-refractivity contribution in [3.05, 3.63) is 30.4 Å². The second kappa shape index (κ2) is 10.6. The van der Waals surface area contributed by atoms with E-state index < -0.39 is 0 Å². The Hall–Kier alpha value is -2.90. The minimum Gasteiger partial charge on any atom is -0.465 e. The fourth-order valence-corrected chi connectivity index (χ4v) is 3.27. The lowest BCUT2D eigenvalue weighted by molar-refractivity contribution is -0.141. The van der Waals surface area contributed by atoms with Crippen molar-refractivity contribution in [2.45, 2.75) is 41.2 Å². The summed E-state index contributed by atoms with van der Waals surface area (Å²) < 4.78 is 7.02. The zero-order valence-electron chi connectivity index (χ0n) is 17.9. The van der Waals surface area contributed by atoms with Gasteiger partial charge in [0.15, 0.2) is 0 Å². The number of nitrogens with one attached hydrogen (secondary N) is 1. The summed E-state index contributed by atoms with van der Waals surface area (Å²) in [5, 5.41) is 4.02. The van der Waals surface area contributed by atoms with Crippen LogP contribution >= 0.6 is 0 Å². The molecule has 0 aliphatic rings. The van der Waals surface area contributed by atoms with Crippen molar-refractivity contribution in [3.8, 4) is 0 Å². The third-order valence-corrected chi connectivity index (χ3v) is 4.81. The molecule has 0 bridgehead atoms. The van der Waals surface area contributed by atoms with Gasteiger partial charge in [0, 0.05) is 36.7 Å². The van der Waals surface area contributed by atoms with Gasteiger partial charge in [0.05, 0.1) is 12.3 Å². The van der Waals surface area contributed by atoms with E-state index >= 15 is 0 Å². The number of carbonyl (C=O) groups is 1. The SMILES string of the molecule is CCOC(=O)CN=C/C(=C\N)Nc1ncc2ccn(CC(C(C)C)C(C)C)c2n1. The van der Waals surface area contributed by atoms with Crippen molar-refractivity contribution in [2.24, 2.45) is 28.5 Å². The maximum absolute atomic E-state index is 11.4. The van der Waals surface area contributed by atoms with Crippen molar-refractivity contribution in [1.29, 1.82) is 0 Å². The van der Waals surface area contributed by atoms with E-state index in [9.17, 15) is 4.79 Å². The van der Waals surface area contributed by atoms with Crippen molar-refractivity contribution < 1.29 is 9.53 Å². The maximum Gasteiger partial charge on any atom is 0.327 e. The van der Waals surface area contributed by atoms with Crippen LogP contribution in [0.3, 0.4) is 0 Å². The minimum atomic E-state index is -0.388. The van der Waals surface area contributed by atoms with Crippen molar-refractivity contribution in [2.75, 3.05) is 18.5 Å². The number of hydrogen-bond acceptors (Lipinski definition) is 7. The van der Waals surface area contributed by atoms with Gasteiger partial charge in [-0.05, 0) is 30.7 Å². The highest BCUT2D eigenvalue weighted by Crippen LogP contribution is 2.25. The smallest absolute Gasteiger partial charge is 0.327 e. The number of fused-ring (bicyclic) bond motifs is 1. The number of hydrogen-bond donors (Lipinski definition) is 2. The van der Waals surface area contributed by atoms with E-state index in [1.165, 1.54) is 12.4 Å². The average Bonchev–Trinajstić information content (AvgIpc) is 3.07. The normalized spacial score (nSPS) is 12.6. The number of nitrogens with two attached hydrogens (primary N) is 1. The molecule has 8 nitrogen and oxygen atoms in total. The fraction of sp³-hybridized carbons (Fsp3) is 0.524. The standard InChI is InChI=1S/C21H32N6O2/c1-6-29-19(28)12-23-11-17(9-22)25-21-24-10-16-7-8-27(20(16)26-21)13-18(14(2)3)15(4)5/h7-11,14-15,18H,6,12-13,22H2,1-5H3,(H,24,25,26)/b17-9+,23-11?. The van der Waals surface area contributed by atoms with Crippen LogP contribution in [0.4, 0.5) is 5.95 Å². The Bertz CT molecular complexity index is 861. The van der Waals surface area contributed by atoms with Gasteiger partial charge >= 0.3 is 5.97 Å². The van der Waals surface area contributed by atoms with E-state index in [-0.39, 0.29) is 12.5 Å². The van der Waals surface area contributed by atoms with Crippen LogP contribution in [-0.2, 0) is 16.1 Å². The first-order valence-electron chi connectivity index (χ1n) is 10.0. The lowest BCUT2D eigenvalue weighted by Crippen LogP contribution is -2.21. The molecule has 0 spiro atoms. The Labute approximate surface area is 172 Å². The lowest BCUT2D eigenvalue weighted by atomic mass is 9.85. The number of anilines is 1. The van der Waals surface area contributed by atoms with E-state index in [4.69, 9.17) is 10.5 Å². The Morgan fingerprint density at radius 2 is 2.07 bits per heavy atom. The molecule has 0 aliphatic heterocycles. The highest BCUT2D eigenvalue weighted by Gasteiger charge is 2.19. The van der Waals surface area contributed by atoms with Crippen molar-refractivity contribution >= 4 is 29.2 Å². The molecule has 0 fully saturated rings. The Balaban J connectivity index is 2.15. The first-order valence-corrected chi connectivity index (χ1v) is 10.0. The molecule has 2 rings (SSSR count). The molecule has 3 N–H and O–H groups in total. The predicted molar refractivity (Wildman–Crippen MR) is 117 cm³/mol. The van der Waals surface area contributed by atoms with E-state index in [1.807, 2.05) is 6.07 Å². The number of aliphatic imine (C=N–C) groups is 1. The van der Waals surface area contributed by atoms with E-state index in [0.29, 0.717) is 36.0 Å². The Morgan fingerprint density at radius 1 is 1.34 bits per heavy atom. The third-order valence-electron chi connectivity index (χ3n) is 4.81. The largest absolute Gasteiger partial charge is 0.465 e. The highest BCUT2D eigenvalue weighted by atomic mass is 16.5. The molecule has 2 heterocycles. The summed E-state index contributed by atoms with van der Waals surface area (Å²) in [7, 11) is 0. The molecule has 29 heavy (non-hydrogen) atoms. The molecule has 0 saturated carbocycles. The molecular weight excluding hydrogens is 368 g/mol. The van der Waals surface area contributed by atoms with E-state index in [2.05, 4.69) is 58.7 Å². The van der Waals surface area contributed by atoms with Gasteiger partial charge in [-0.3, -0.25) is 9.79 Å². The number of nitrogens with zero attached hydrogens (tertiary/aromatic N) is 4. The van der Waals surface area contributed by atoms with Crippen molar-refractivity contribution in [3.63, 3.8) is 0 Å². The van der Waals surface area contributed by atoms with Crippen LogP contribution in [0, 0.1) is 17.8 Å². The van der Waals surface area contributed by atoms with Crippen LogP contribution in [0.2, 0.25) is 0 Å². The third kappa shape index (κ3) is 6.30. The molecule has 0 saturated heterocycles. The molecule has 0 unspecified atom stereocenters. The Kier molecular flexibility index (Phi) is 8.18. The molecule has 0 radical (unpaired) electrons. The number of rotatable bonds is 10. The van der Waals surface area contributed by atoms with E-state index in [0.717, 1.165) is 17.6 Å². The summed E-state index contributed by atoms with van der Waals surface area (Å²) in [4.78, 5) is 24.4. The molecule has 2 aromatic rings. The summed E-state index contributed by atoms with van der Waals surface area (Å²) >= 11 is 0. The summed E-state index contributed by atoms with van der Waals surface area (Å²) in [6.07, 6.45) is 6.66. The van der Waals surface area contributed by atoms with Gasteiger partial charge in [0.2, 0.25) is 5.95 Å². The Morgan fingerprint density at radius 3 is 2.69 bits per heavy atom. The number of allylic oxidation sites excluding steroid dienone is 1. The first-order chi connectivity index (χ1) is 13.8. The molecule has 8 heteroatoms. The zero-order chi connectivity index (χ0) is 21.4. The second-order valence-electron chi connectivity index (χ2n) is 7.61. The van der Waals surface area contributed by atoms with Crippen LogP contribution < -0.4 is 11.1 Å². The molecule has 2 aromatic heterocycles. The number of esters is 1. The summed E-state index contributed by atoms with van der Waals surface area (Å²) in [6.45, 7) is 11.9. The van der Waals surface area contributed by atoms with Gasteiger partial charge in [-0.2, -0.15) is 4.98 Å². The fourth-order valence-electron chi connectivity index (χ4n) is 3.27. The first kappa shape index (κ1) is 22.4. The van der Waals surface area contributed by atoms with Gasteiger partial charge < -0.3 is 20.4 Å². The zero-order valence-corrected chi connectivity index (χ0v) is 17.9. The second-order valence-corrected chi connectivity index (χ2v) is 7.61. The van der Waals surface area contributed by atoms with Gasteiger partial charge in [-0.15, -0.1) is 0 Å². The molecule has 0 aromatic carbocycles. The quantitative estimate of drug-likeness (QED) is 0.468. The molecule has 0 aliphatic carbocycles. The van der Waals surface area contributed by atoms with Crippen LogP contribution in [0.15, 0.2) is 35.3 Å². The molecule has 158 valence electrons. The predicted octanol–water partition coefficient (Wildman–Crippen LogP) is 3.21. The average molecular weight is 401 g/mol. The van der Waals surface area contributed by atoms with Crippen LogP contribution in [-0.4, -0.2) is 39.9 Å². The topological polar surface area (TPSA) is 107 Å². The van der Waals surface area contributed by atoms with Gasteiger partial charge in [-0.25, -0.2) is 4.98 Å². The highest BCUT2D eigenvalue weighted by molar-refractivity contribution is 5.85. The summed E-state index contributed by atoms with van der Waals surface area (Å²) in [5.74, 6) is 1.73. The van der Waals surface area contributed by atoms with Gasteiger partial charge in [0.25, 0.3) is 0 Å². The minimum absolute atomic E-state index is 0.0681. The summed E-state index contributed by atoms with van der Waals surface area (Å²) in [5.41, 5.74) is 7.02. The maximum atomic E-state index is 11.4. The number of ether oxygens (including phenoxy) is 1. The van der Waals surface area contributed by atoms with Crippen LogP contribution in [0.5, 0.6) is 0 Å². The van der Waals surface area contributed by atoms with Gasteiger partial charge in [-0.1, -0.05) is 27.7 Å². The van der Waals surface area contributed by atoms with Crippen LogP contribution in [0.1, 0.15) is 34.6 Å². The van der Waals surface area contributed by atoms with Crippen molar-refractivity contribution in [1.82, 2.24) is 14.5 Å². The monoisotopic (exact) mass is 400 g/mol. The number of carbonyl (C=O) groups excluding carboxylic acids is 1.